The van der Waals surface area contributed by atoms with Gasteiger partial charge in [0.25, 0.3) is 0 Å². The molecule has 5 nitrogen and oxygen atoms in total. The largest absolute Gasteiger partial charge is 0.480 e. The van der Waals surface area contributed by atoms with E-state index in [1.165, 1.54) is 25.2 Å². The molecular formula is C9H12N2O3S. The number of aromatic nitrogens is 2. The Kier molecular flexibility index (Phi) is 4.36. The fraction of sp³-hybridized carbons (Fsp3) is 0.444. The predicted molar refractivity (Wildman–Crippen MR) is 56.3 cm³/mol. The van der Waals surface area contributed by atoms with Gasteiger partial charge in [-0.15, -0.1) is 11.8 Å². The van der Waals surface area contributed by atoms with Crippen molar-refractivity contribution >= 4 is 17.7 Å². The Morgan fingerprint density at radius 1 is 1.53 bits per heavy atom. The van der Waals surface area contributed by atoms with E-state index in [1.54, 1.807) is 6.92 Å². The van der Waals surface area contributed by atoms with Crippen molar-refractivity contribution in [3.8, 4) is 5.88 Å². The molecule has 1 aromatic rings. The number of carbonyl (C=O) groups is 1. The van der Waals surface area contributed by atoms with Crippen LogP contribution in [0.15, 0.2) is 11.4 Å². The lowest BCUT2D eigenvalue weighted by molar-refractivity contribution is 0.0516. The molecule has 82 valence electrons. The lowest BCUT2D eigenvalue weighted by Gasteiger charge is -2.08. The second kappa shape index (κ2) is 5.55. The van der Waals surface area contributed by atoms with Gasteiger partial charge in [-0.05, 0) is 13.2 Å². The second-order valence-corrected chi connectivity index (χ2v) is 3.28. The number of nitrogens with zero attached hydrogens (tertiary/aromatic N) is 2. The Hall–Kier alpha value is -1.30. The molecule has 6 heteroatoms. The average Bonchev–Trinajstić information content (AvgIpc) is 2.28. The molecule has 0 saturated carbocycles. The van der Waals surface area contributed by atoms with Crippen molar-refractivity contribution in [3.05, 3.63) is 11.9 Å². The number of carbonyl (C=O) groups excluding carboxylic acids is 1. The van der Waals surface area contributed by atoms with E-state index in [9.17, 15) is 4.79 Å². The molecule has 0 aromatic carbocycles. The molecule has 0 aliphatic carbocycles. The van der Waals surface area contributed by atoms with Gasteiger partial charge in [0.05, 0.1) is 13.7 Å². The minimum Gasteiger partial charge on any atom is -0.480 e. The molecule has 0 amide bonds. The summed E-state index contributed by atoms with van der Waals surface area (Å²) in [7, 11) is 1.45. The van der Waals surface area contributed by atoms with E-state index in [0.717, 1.165) is 0 Å². The number of methoxy groups -OCH3 is 1. The van der Waals surface area contributed by atoms with Crippen LogP contribution in [0.5, 0.6) is 5.88 Å². The van der Waals surface area contributed by atoms with E-state index < -0.39 is 5.97 Å². The number of rotatable bonds is 4. The van der Waals surface area contributed by atoms with E-state index in [1.807, 2.05) is 6.26 Å². The van der Waals surface area contributed by atoms with Crippen molar-refractivity contribution in [2.24, 2.45) is 0 Å². The Bertz CT molecular complexity index is 335. The SMILES string of the molecule is CCOC(=O)c1c(OC)ncnc1SC. The summed E-state index contributed by atoms with van der Waals surface area (Å²) in [5.41, 5.74) is 0.286. The van der Waals surface area contributed by atoms with Crippen LogP contribution in [0.1, 0.15) is 17.3 Å². The van der Waals surface area contributed by atoms with Gasteiger partial charge in [-0.3, -0.25) is 0 Å². The molecule has 15 heavy (non-hydrogen) atoms. The summed E-state index contributed by atoms with van der Waals surface area (Å²) in [6, 6.07) is 0. The van der Waals surface area contributed by atoms with Crippen molar-refractivity contribution in [3.63, 3.8) is 0 Å². The molecule has 0 bridgehead atoms. The second-order valence-electron chi connectivity index (χ2n) is 2.49. The molecule has 0 aliphatic rings. The summed E-state index contributed by atoms with van der Waals surface area (Å²) >= 11 is 1.35. The molecule has 0 unspecified atom stereocenters. The summed E-state index contributed by atoms with van der Waals surface area (Å²) in [4.78, 5) is 19.5. The Morgan fingerprint density at radius 2 is 2.27 bits per heavy atom. The maximum atomic E-state index is 11.6. The van der Waals surface area contributed by atoms with Gasteiger partial charge in [0, 0.05) is 0 Å². The fourth-order valence-corrected chi connectivity index (χ4v) is 1.57. The van der Waals surface area contributed by atoms with E-state index >= 15 is 0 Å². The van der Waals surface area contributed by atoms with Gasteiger partial charge in [-0.25, -0.2) is 14.8 Å². The first-order valence-electron chi connectivity index (χ1n) is 4.34. The molecule has 1 aromatic heterocycles. The third-order valence-electron chi connectivity index (χ3n) is 1.64. The summed E-state index contributed by atoms with van der Waals surface area (Å²) in [6.07, 6.45) is 3.18. The van der Waals surface area contributed by atoms with Gasteiger partial charge >= 0.3 is 5.97 Å². The Labute approximate surface area is 92.2 Å². The van der Waals surface area contributed by atoms with Crippen molar-refractivity contribution < 1.29 is 14.3 Å². The van der Waals surface area contributed by atoms with Crippen molar-refractivity contribution in [2.45, 2.75) is 11.9 Å². The van der Waals surface area contributed by atoms with Gasteiger partial charge in [0.2, 0.25) is 5.88 Å². The van der Waals surface area contributed by atoms with Crippen molar-refractivity contribution in [1.29, 1.82) is 0 Å². The summed E-state index contributed by atoms with van der Waals surface area (Å²) < 4.78 is 9.89. The lowest BCUT2D eigenvalue weighted by atomic mass is 10.3. The van der Waals surface area contributed by atoms with Crippen LogP contribution in [0.3, 0.4) is 0 Å². The van der Waals surface area contributed by atoms with Crippen LogP contribution in [0.2, 0.25) is 0 Å². The van der Waals surface area contributed by atoms with E-state index in [0.29, 0.717) is 11.6 Å². The zero-order chi connectivity index (χ0) is 11.3. The molecule has 0 fully saturated rings. The fourth-order valence-electron chi connectivity index (χ4n) is 1.04. The smallest absolute Gasteiger partial charge is 0.346 e. The van der Waals surface area contributed by atoms with Crippen LogP contribution in [-0.4, -0.2) is 35.9 Å². The van der Waals surface area contributed by atoms with Crippen molar-refractivity contribution in [1.82, 2.24) is 9.97 Å². The van der Waals surface area contributed by atoms with Crippen LogP contribution < -0.4 is 4.74 Å². The van der Waals surface area contributed by atoms with Crippen LogP contribution in [0.25, 0.3) is 0 Å². The highest BCUT2D eigenvalue weighted by Crippen LogP contribution is 2.24. The van der Waals surface area contributed by atoms with E-state index in [2.05, 4.69) is 9.97 Å². The Morgan fingerprint density at radius 3 is 2.80 bits per heavy atom. The molecule has 0 saturated heterocycles. The standard InChI is InChI=1S/C9H12N2O3S/c1-4-14-9(12)6-7(13-2)10-5-11-8(6)15-3/h5H,4H2,1-3H3. The highest BCUT2D eigenvalue weighted by Gasteiger charge is 2.20. The molecule has 0 aliphatic heterocycles. The molecule has 0 spiro atoms. The highest BCUT2D eigenvalue weighted by molar-refractivity contribution is 7.98. The van der Waals surface area contributed by atoms with Gasteiger partial charge in [0.1, 0.15) is 11.4 Å². The number of ether oxygens (including phenoxy) is 2. The number of thioether (sulfide) groups is 1. The lowest BCUT2D eigenvalue weighted by Crippen LogP contribution is -2.10. The topological polar surface area (TPSA) is 61.3 Å². The summed E-state index contributed by atoms with van der Waals surface area (Å²) in [6.45, 7) is 2.05. The third kappa shape index (κ3) is 2.59. The molecule has 0 N–H and O–H groups in total. The molecule has 0 radical (unpaired) electrons. The number of hydrogen-bond acceptors (Lipinski definition) is 6. The van der Waals surface area contributed by atoms with E-state index in [-0.39, 0.29) is 11.4 Å². The normalized spacial score (nSPS) is 9.80. The van der Waals surface area contributed by atoms with Gasteiger partial charge in [0.15, 0.2) is 5.56 Å². The first kappa shape index (κ1) is 11.8. The van der Waals surface area contributed by atoms with E-state index in [4.69, 9.17) is 9.47 Å². The molecular weight excluding hydrogens is 216 g/mol. The number of hydrogen-bond donors (Lipinski definition) is 0. The summed E-state index contributed by atoms with van der Waals surface area (Å²) in [5, 5.41) is 0.556. The zero-order valence-corrected chi connectivity index (χ0v) is 9.63. The molecule has 1 heterocycles. The zero-order valence-electron chi connectivity index (χ0n) is 8.81. The third-order valence-corrected chi connectivity index (χ3v) is 2.34. The number of esters is 1. The monoisotopic (exact) mass is 228 g/mol. The highest BCUT2D eigenvalue weighted by atomic mass is 32.2. The van der Waals surface area contributed by atoms with Crippen molar-refractivity contribution in [2.75, 3.05) is 20.0 Å². The first-order valence-corrected chi connectivity index (χ1v) is 5.57. The quantitative estimate of drug-likeness (QED) is 0.441. The average molecular weight is 228 g/mol. The molecule has 0 atom stereocenters. The first-order chi connectivity index (χ1) is 7.24. The van der Waals surface area contributed by atoms with Gasteiger partial charge < -0.3 is 9.47 Å². The predicted octanol–water partition coefficient (Wildman–Crippen LogP) is 1.38. The van der Waals surface area contributed by atoms with Gasteiger partial charge in [-0.1, -0.05) is 0 Å². The minimum absolute atomic E-state index is 0.243. The molecule has 1 rings (SSSR count). The van der Waals surface area contributed by atoms with Crippen LogP contribution in [0, 0.1) is 0 Å². The van der Waals surface area contributed by atoms with Crippen LogP contribution in [0.4, 0.5) is 0 Å². The Balaban J connectivity index is 3.15. The summed E-state index contributed by atoms with van der Waals surface area (Å²) in [5.74, 6) is -0.216. The van der Waals surface area contributed by atoms with Crippen LogP contribution in [-0.2, 0) is 4.74 Å². The van der Waals surface area contributed by atoms with Crippen LogP contribution >= 0.6 is 11.8 Å². The minimum atomic E-state index is -0.459. The maximum Gasteiger partial charge on any atom is 0.346 e. The maximum absolute atomic E-state index is 11.6. The van der Waals surface area contributed by atoms with Gasteiger partial charge in [-0.2, -0.15) is 0 Å².